The maximum Gasteiger partial charge on any atom is 0.196 e. The number of aliphatic imine (C=N–C) groups is 1. The molecule has 106 valence electrons. The van der Waals surface area contributed by atoms with Gasteiger partial charge in [-0.05, 0) is 52.0 Å². The van der Waals surface area contributed by atoms with Crippen molar-refractivity contribution < 1.29 is 0 Å². The second kappa shape index (κ2) is 4.60. The van der Waals surface area contributed by atoms with Gasteiger partial charge in [0, 0.05) is 4.47 Å². The molecule has 2 aromatic carbocycles. The lowest BCUT2D eigenvalue weighted by atomic mass is 9.94. The molecule has 2 aromatic rings. The van der Waals surface area contributed by atoms with Gasteiger partial charge in [-0.15, -0.1) is 0 Å². The van der Waals surface area contributed by atoms with Gasteiger partial charge in [0.05, 0.1) is 17.8 Å². The van der Waals surface area contributed by atoms with Gasteiger partial charge >= 0.3 is 0 Å². The molecule has 1 aliphatic heterocycles. The SMILES string of the molecule is NC1=NCC2(Cc3ccccc3C2)N1c1ccccc1Br. The molecule has 0 fully saturated rings. The molecule has 0 saturated heterocycles. The predicted molar refractivity (Wildman–Crippen MR) is 89.7 cm³/mol. The lowest BCUT2D eigenvalue weighted by Crippen LogP contribution is -2.53. The first kappa shape index (κ1) is 12.9. The topological polar surface area (TPSA) is 41.6 Å². The van der Waals surface area contributed by atoms with Crippen LogP contribution in [0.15, 0.2) is 58.0 Å². The zero-order valence-electron chi connectivity index (χ0n) is 11.6. The molecular formula is C17H16BrN3. The third kappa shape index (κ3) is 1.89. The van der Waals surface area contributed by atoms with Crippen LogP contribution in [-0.4, -0.2) is 18.0 Å². The Labute approximate surface area is 132 Å². The Hall–Kier alpha value is -1.81. The van der Waals surface area contributed by atoms with E-state index in [1.165, 1.54) is 11.1 Å². The highest BCUT2D eigenvalue weighted by atomic mass is 79.9. The zero-order valence-corrected chi connectivity index (χ0v) is 13.2. The lowest BCUT2D eigenvalue weighted by Gasteiger charge is -2.36. The molecule has 0 atom stereocenters. The van der Waals surface area contributed by atoms with E-state index >= 15 is 0 Å². The minimum absolute atomic E-state index is 0.0440. The van der Waals surface area contributed by atoms with Crippen LogP contribution in [0.4, 0.5) is 5.69 Å². The van der Waals surface area contributed by atoms with E-state index in [0.717, 1.165) is 29.5 Å². The minimum atomic E-state index is -0.0440. The summed E-state index contributed by atoms with van der Waals surface area (Å²) < 4.78 is 1.06. The van der Waals surface area contributed by atoms with Crippen molar-refractivity contribution in [1.29, 1.82) is 0 Å². The Morgan fingerprint density at radius 3 is 2.29 bits per heavy atom. The summed E-state index contributed by atoms with van der Waals surface area (Å²) in [5.41, 5.74) is 10.1. The summed E-state index contributed by atoms with van der Waals surface area (Å²) in [7, 11) is 0. The van der Waals surface area contributed by atoms with Crippen LogP contribution in [0.5, 0.6) is 0 Å². The highest BCUT2D eigenvalue weighted by Gasteiger charge is 2.47. The van der Waals surface area contributed by atoms with Gasteiger partial charge in [0.15, 0.2) is 5.96 Å². The highest BCUT2D eigenvalue weighted by Crippen LogP contribution is 2.42. The number of para-hydroxylation sites is 1. The van der Waals surface area contributed by atoms with E-state index in [1.807, 2.05) is 12.1 Å². The molecule has 3 nitrogen and oxygen atoms in total. The average Bonchev–Trinajstić information content (AvgIpc) is 3.00. The van der Waals surface area contributed by atoms with Crippen molar-refractivity contribution in [1.82, 2.24) is 0 Å². The van der Waals surface area contributed by atoms with Gasteiger partial charge in [-0.2, -0.15) is 0 Å². The van der Waals surface area contributed by atoms with E-state index in [1.54, 1.807) is 0 Å². The van der Waals surface area contributed by atoms with E-state index in [4.69, 9.17) is 5.73 Å². The molecule has 0 radical (unpaired) electrons. The van der Waals surface area contributed by atoms with E-state index < -0.39 is 0 Å². The maximum absolute atomic E-state index is 6.22. The summed E-state index contributed by atoms with van der Waals surface area (Å²) in [5, 5.41) is 0. The first-order valence-corrected chi connectivity index (χ1v) is 7.90. The molecule has 0 aromatic heterocycles. The number of anilines is 1. The fraction of sp³-hybridized carbons (Fsp3) is 0.235. The fourth-order valence-electron chi connectivity index (χ4n) is 3.57. The normalized spacial score (nSPS) is 18.9. The highest BCUT2D eigenvalue weighted by molar-refractivity contribution is 9.10. The molecular weight excluding hydrogens is 326 g/mol. The number of halogens is 1. The number of fused-ring (bicyclic) bond motifs is 1. The van der Waals surface area contributed by atoms with Crippen LogP contribution in [0, 0.1) is 0 Å². The molecule has 4 rings (SSSR count). The molecule has 0 amide bonds. The van der Waals surface area contributed by atoms with Crippen LogP contribution in [0.1, 0.15) is 11.1 Å². The van der Waals surface area contributed by atoms with Crippen LogP contribution < -0.4 is 10.6 Å². The van der Waals surface area contributed by atoms with Crippen molar-refractivity contribution in [3.8, 4) is 0 Å². The summed E-state index contributed by atoms with van der Waals surface area (Å²) in [6.45, 7) is 0.759. The van der Waals surface area contributed by atoms with Gasteiger partial charge in [0.1, 0.15) is 0 Å². The van der Waals surface area contributed by atoms with Crippen LogP contribution in [0.2, 0.25) is 0 Å². The molecule has 1 aliphatic carbocycles. The smallest absolute Gasteiger partial charge is 0.196 e. The number of hydrogen-bond acceptors (Lipinski definition) is 3. The molecule has 4 heteroatoms. The molecule has 0 unspecified atom stereocenters. The third-order valence-electron chi connectivity index (χ3n) is 4.49. The lowest BCUT2D eigenvalue weighted by molar-refractivity contribution is 0.482. The Bertz CT molecular complexity index is 713. The fourth-order valence-corrected chi connectivity index (χ4v) is 4.03. The first-order valence-electron chi connectivity index (χ1n) is 7.11. The van der Waals surface area contributed by atoms with Crippen LogP contribution in [0.25, 0.3) is 0 Å². The largest absolute Gasteiger partial charge is 0.369 e. The molecule has 21 heavy (non-hydrogen) atoms. The van der Waals surface area contributed by atoms with Crippen LogP contribution >= 0.6 is 15.9 Å². The van der Waals surface area contributed by atoms with Crippen LogP contribution in [0.3, 0.4) is 0 Å². The average molecular weight is 342 g/mol. The second-order valence-corrected chi connectivity index (χ2v) is 6.66. The summed E-state index contributed by atoms with van der Waals surface area (Å²) in [4.78, 5) is 6.77. The summed E-state index contributed by atoms with van der Waals surface area (Å²) in [6.07, 6.45) is 1.99. The van der Waals surface area contributed by atoms with Gasteiger partial charge < -0.3 is 10.6 Å². The standard InChI is InChI=1S/C17H16BrN3/c18-14-7-3-4-8-15(14)21-16(19)20-11-17(21)9-12-5-1-2-6-13(12)10-17/h1-8H,9-11H2,(H2,19,20). The van der Waals surface area contributed by atoms with Crippen molar-refractivity contribution in [2.45, 2.75) is 18.4 Å². The van der Waals surface area contributed by atoms with Gasteiger partial charge in [0.2, 0.25) is 0 Å². The number of rotatable bonds is 1. The molecule has 0 bridgehead atoms. The molecule has 0 saturated carbocycles. The van der Waals surface area contributed by atoms with Crippen LogP contribution in [-0.2, 0) is 12.8 Å². The van der Waals surface area contributed by atoms with E-state index in [2.05, 4.69) is 62.2 Å². The summed E-state index contributed by atoms with van der Waals surface area (Å²) >= 11 is 3.65. The maximum atomic E-state index is 6.22. The molecule has 2 N–H and O–H groups in total. The number of benzene rings is 2. The Morgan fingerprint density at radius 2 is 1.62 bits per heavy atom. The minimum Gasteiger partial charge on any atom is -0.369 e. The van der Waals surface area contributed by atoms with Crippen molar-refractivity contribution in [3.63, 3.8) is 0 Å². The van der Waals surface area contributed by atoms with Gasteiger partial charge in [-0.1, -0.05) is 36.4 Å². The van der Waals surface area contributed by atoms with E-state index in [-0.39, 0.29) is 5.54 Å². The Morgan fingerprint density at radius 1 is 1.00 bits per heavy atom. The van der Waals surface area contributed by atoms with E-state index in [0.29, 0.717) is 5.96 Å². The second-order valence-electron chi connectivity index (χ2n) is 5.81. The number of guanidine groups is 1. The first-order chi connectivity index (χ1) is 10.2. The molecule has 1 heterocycles. The quantitative estimate of drug-likeness (QED) is 0.865. The summed E-state index contributed by atoms with van der Waals surface area (Å²) in [6, 6.07) is 16.9. The predicted octanol–water partition coefficient (Wildman–Crippen LogP) is 3.12. The summed E-state index contributed by atoms with van der Waals surface area (Å²) in [5.74, 6) is 0.620. The van der Waals surface area contributed by atoms with Crippen molar-refractivity contribution >= 4 is 27.6 Å². The molecule has 2 aliphatic rings. The monoisotopic (exact) mass is 341 g/mol. The van der Waals surface area contributed by atoms with Gasteiger partial charge in [-0.3, -0.25) is 4.99 Å². The van der Waals surface area contributed by atoms with Crippen molar-refractivity contribution in [2.24, 2.45) is 10.7 Å². The number of nitrogens with zero attached hydrogens (tertiary/aromatic N) is 2. The zero-order chi connectivity index (χ0) is 14.4. The Kier molecular flexibility index (Phi) is 2.82. The molecule has 1 spiro atoms. The Balaban J connectivity index is 1.80. The van der Waals surface area contributed by atoms with Crippen molar-refractivity contribution in [2.75, 3.05) is 11.4 Å². The third-order valence-corrected chi connectivity index (χ3v) is 5.16. The van der Waals surface area contributed by atoms with Gasteiger partial charge in [0.25, 0.3) is 0 Å². The number of hydrogen-bond donors (Lipinski definition) is 1. The van der Waals surface area contributed by atoms with E-state index in [9.17, 15) is 0 Å². The van der Waals surface area contributed by atoms with Gasteiger partial charge in [-0.25, -0.2) is 0 Å². The number of nitrogens with two attached hydrogens (primary N) is 1. The van der Waals surface area contributed by atoms with Crippen molar-refractivity contribution in [3.05, 3.63) is 64.1 Å².